The van der Waals surface area contributed by atoms with Crippen molar-refractivity contribution in [1.82, 2.24) is 15.3 Å². The van der Waals surface area contributed by atoms with Crippen LogP contribution < -0.4 is 5.32 Å². The summed E-state index contributed by atoms with van der Waals surface area (Å²) in [6.07, 6.45) is 1.18. The highest BCUT2D eigenvalue weighted by Crippen LogP contribution is 2.31. The molecule has 1 fully saturated rings. The van der Waals surface area contributed by atoms with Crippen LogP contribution in [0.2, 0.25) is 0 Å². The van der Waals surface area contributed by atoms with E-state index in [2.05, 4.69) is 50.1 Å². The van der Waals surface area contributed by atoms with Gasteiger partial charge in [0.1, 0.15) is 5.82 Å². The first-order valence-corrected chi connectivity index (χ1v) is 7.41. The Kier molecular flexibility index (Phi) is 3.38. The van der Waals surface area contributed by atoms with Crippen molar-refractivity contribution in [3.8, 4) is 11.3 Å². The molecule has 3 heteroatoms. The predicted octanol–water partition coefficient (Wildman–Crippen LogP) is 3.39. The highest BCUT2D eigenvalue weighted by Gasteiger charge is 2.22. The van der Waals surface area contributed by atoms with E-state index in [4.69, 9.17) is 4.98 Å². The molecule has 0 aliphatic carbocycles. The molecule has 0 spiro atoms. The Labute approximate surface area is 120 Å². The van der Waals surface area contributed by atoms with Gasteiger partial charge < -0.3 is 10.3 Å². The monoisotopic (exact) mass is 269 g/mol. The zero-order valence-electron chi connectivity index (χ0n) is 12.8. The van der Waals surface area contributed by atoms with Crippen molar-refractivity contribution in [2.24, 2.45) is 0 Å². The molecular formula is C17H23N3. The molecule has 0 amide bonds. The lowest BCUT2D eigenvalue weighted by molar-refractivity contribution is 0.713. The average molecular weight is 269 g/mol. The van der Waals surface area contributed by atoms with Crippen molar-refractivity contribution < 1.29 is 0 Å². The molecule has 0 bridgehead atoms. The Bertz CT molecular complexity index is 611. The first-order valence-electron chi connectivity index (χ1n) is 7.41. The summed E-state index contributed by atoms with van der Waals surface area (Å²) in [5, 5.41) is 3.41. The van der Waals surface area contributed by atoms with Gasteiger partial charge in [0, 0.05) is 23.7 Å². The number of aromatic nitrogens is 2. The third-order valence-corrected chi connectivity index (χ3v) is 4.26. The van der Waals surface area contributed by atoms with Crippen LogP contribution in [-0.2, 0) is 0 Å². The first kappa shape index (κ1) is 13.4. The highest BCUT2D eigenvalue weighted by molar-refractivity contribution is 5.70. The molecule has 1 aliphatic rings. The number of imidazole rings is 1. The molecule has 1 saturated heterocycles. The number of nitrogens with one attached hydrogen (secondary N) is 2. The van der Waals surface area contributed by atoms with Crippen LogP contribution in [-0.4, -0.2) is 23.1 Å². The number of aromatic amines is 1. The molecule has 0 saturated carbocycles. The molecule has 1 aromatic heterocycles. The molecule has 106 valence electrons. The van der Waals surface area contributed by atoms with Crippen LogP contribution in [0.4, 0.5) is 0 Å². The highest BCUT2D eigenvalue weighted by atomic mass is 15.0. The predicted molar refractivity (Wildman–Crippen MR) is 83.2 cm³/mol. The number of aryl methyl sites for hydroxylation is 4. The summed E-state index contributed by atoms with van der Waals surface area (Å²) in [6.45, 7) is 10.8. The van der Waals surface area contributed by atoms with Crippen LogP contribution in [0.3, 0.4) is 0 Å². The van der Waals surface area contributed by atoms with Gasteiger partial charge in [-0.1, -0.05) is 17.7 Å². The summed E-state index contributed by atoms with van der Waals surface area (Å²) < 4.78 is 0. The van der Waals surface area contributed by atoms with Crippen LogP contribution in [0.1, 0.15) is 40.5 Å². The first-order chi connectivity index (χ1) is 9.56. The molecule has 0 radical (unpaired) electrons. The summed E-state index contributed by atoms with van der Waals surface area (Å²) in [7, 11) is 0. The summed E-state index contributed by atoms with van der Waals surface area (Å²) in [4.78, 5) is 8.42. The lowest BCUT2D eigenvalue weighted by Crippen LogP contribution is -2.08. The van der Waals surface area contributed by atoms with E-state index >= 15 is 0 Å². The number of benzene rings is 1. The fraction of sp³-hybridized carbons (Fsp3) is 0.471. The molecule has 2 heterocycles. The van der Waals surface area contributed by atoms with Gasteiger partial charge in [-0.2, -0.15) is 0 Å². The average Bonchev–Trinajstić information content (AvgIpc) is 2.98. The maximum Gasteiger partial charge on any atom is 0.111 e. The maximum absolute atomic E-state index is 4.92. The van der Waals surface area contributed by atoms with Gasteiger partial charge in [-0.15, -0.1) is 0 Å². The van der Waals surface area contributed by atoms with E-state index in [0.717, 1.165) is 24.6 Å². The Morgan fingerprint density at radius 2 is 1.80 bits per heavy atom. The Morgan fingerprint density at radius 3 is 2.40 bits per heavy atom. The number of H-pyrrole nitrogens is 1. The molecular weight excluding hydrogens is 246 g/mol. The second kappa shape index (κ2) is 5.06. The van der Waals surface area contributed by atoms with Crippen LogP contribution in [0, 0.1) is 27.7 Å². The van der Waals surface area contributed by atoms with Crippen LogP contribution >= 0.6 is 0 Å². The molecule has 2 N–H and O–H groups in total. The third-order valence-electron chi connectivity index (χ3n) is 4.26. The van der Waals surface area contributed by atoms with Gasteiger partial charge in [-0.05, 0) is 51.8 Å². The van der Waals surface area contributed by atoms with Gasteiger partial charge in [0.15, 0.2) is 0 Å². The molecule has 1 unspecified atom stereocenters. The second-order valence-corrected chi connectivity index (χ2v) is 6.06. The maximum atomic E-state index is 4.92. The van der Waals surface area contributed by atoms with Gasteiger partial charge in [-0.25, -0.2) is 4.98 Å². The van der Waals surface area contributed by atoms with Crippen LogP contribution in [0.15, 0.2) is 12.1 Å². The quantitative estimate of drug-likeness (QED) is 0.877. The standard InChI is InChI=1S/C17H23N3/c1-10-7-11(2)15(12(3)8-10)16-13(4)19-17(20-16)14-5-6-18-9-14/h7-8,14,18H,5-6,9H2,1-4H3,(H,19,20). The van der Waals surface area contributed by atoms with Crippen molar-refractivity contribution in [3.05, 3.63) is 40.3 Å². The van der Waals surface area contributed by atoms with E-state index in [-0.39, 0.29) is 0 Å². The van der Waals surface area contributed by atoms with Gasteiger partial charge in [-0.3, -0.25) is 0 Å². The lowest BCUT2D eigenvalue weighted by Gasteiger charge is -2.10. The fourth-order valence-corrected chi connectivity index (χ4v) is 3.36. The molecule has 1 aromatic carbocycles. The van der Waals surface area contributed by atoms with Gasteiger partial charge >= 0.3 is 0 Å². The Hall–Kier alpha value is -1.61. The Balaban J connectivity index is 2.06. The van der Waals surface area contributed by atoms with Crippen molar-refractivity contribution >= 4 is 0 Å². The molecule has 1 aliphatic heterocycles. The normalized spacial score (nSPS) is 18.7. The smallest absolute Gasteiger partial charge is 0.111 e. The molecule has 2 aromatic rings. The zero-order chi connectivity index (χ0) is 14.3. The van der Waals surface area contributed by atoms with E-state index in [0.29, 0.717) is 5.92 Å². The largest absolute Gasteiger partial charge is 0.345 e. The van der Waals surface area contributed by atoms with E-state index in [1.54, 1.807) is 0 Å². The molecule has 3 nitrogen and oxygen atoms in total. The van der Waals surface area contributed by atoms with Crippen molar-refractivity contribution in [3.63, 3.8) is 0 Å². The number of hydrogen-bond donors (Lipinski definition) is 2. The zero-order valence-corrected chi connectivity index (χ0v) is 12.8. The van der Waals surface area contributed by atoms with Crippen molar-refractivity contribution in [2.75, 3.05) is 13.1 Å². The number of hydrogen-bond acceptors (Lipinski definition) is 2. The minimum Gasteiger partial charge on any atom is -0.345 e. The van der Waals surface area contributed by atoms with Crippen molar-refractivity contribution in [1.29, 1.82) is 0 Å². The van der Waals surface area contributed by atoms with Gasteiger partial charge in [0.25, 0.3) is 0 Å². The Morgan fingerprint density at radius 1 is 1.10 bits per heavy atom. The minimum absolute atomic E-state index is 0.536. The van der Waals surface area contributed by atoms with Crippen LogP contribution in [0.25, 0.3) is 11.3 Å². The number of rotatable bonds is 2. The summed E-state index contributed by atoms with van der Waals surface area (Å²) >= 11 is 0. The third kappa shape index (κ3) is 2.27. The fourth-order valence-electron chi connectivity index (χ4n) is 3.36. The van der Waals surface area contributed by atoms with E-state index in [1.165, 1.54) is 34.4 Å². The summed E-state index contributed by atoms with van der Waals surface area (Å²) in [5.41, 5.74) is 7.55. The molecule has 1 atom stereocenters. The second-order valence-electron chi connectivity index (χ2n) is 6.06. The molecule has 3 rings (SSSR count). The lowest BCUT2D eigenvalue weighted by atomic mass is 9.96. The van der Waals surface area contributed by atoms with E-state index < -0.39 is 0 Å². The number of nitrogens with zero attached hydrogens (tertiary/aromatic N) is 1. The summed E-state index contributed by atoms with van der Waals surface area (Å²) in [6, 6.07) is 4.49. The van der Waals surface area contributed by atoms with Crippen LogP contribution in [0.5, 0.6) is 0 Å². The molecule has 20 heavy (non-hydrogen) atoms. The topological polar surface area (TPSA) is 40.7 Å². The summed E-state index contributed by atoms with van der Waals surface area (Å²) in [5.74, 6) is 1.68. The minimum atomic E-state index is 0.536. The van der Waals surface area contributed by atoms with Gasteiger partial charge in [0.05, 0.1) is 5.69 Å². The van der Waals surface area contributed by atoms with Gasteiger partial charge in [0.2, 0.25) is 0 Å². The van der Waals surface area contributed by atoms with E-state index in [1.807, 2.05) is 0 Å². The van der Waals surface area contributed by atoms with Crippen molar-refractivity contribution in [2.45, 2.75) is 40.0 Å². The SMILES string of the molecule is Cc1cc(C)c(-c2nc(C3CCNC3)[nH]c2C)c(C)c1. The van der Waals surface area contributed by atoms with E-state index in [9.17, 15) is 0 Å².